The zero-order chi connectivity index (χ0) is 17.4. The van der Waals surface area contributed by atoms with Crippen LogP contribution in [0, 0.1) is 22.7 Å². The smallest absolute Gasteiger partial charge is 0.328 e. The molecule has 3 nitrogen and oxygen atoms in total. The van der Waals surface area contributed by atoms with Gasteiger partial charge >= 0.3 is 5.97 Å². The minimum atomic E-state index is -0.882. The van der Waals surface area contributed by atoms with Crippen LogP contribution >= 0.6 is 0 Å². The first-order chi connectivity index (χ1) is 10.6. The van der Waals surface area contributed by atoms with Gasteiger partial charge in [-0.05, 0) is 67.3 Å². The van der Waals surface area contributed by atoms with Crippen LogP contribution in [0.1, 0.15) is 66.2 Å². The van der Waals surface area contributed by atoms with E-state index in [4.69, 9.17) is 5.11 Å². The highest BCUT2D eigenvalue weighted by Gasteiger charge is 2.54. The molecule has 0 bridgehead atoms. The lowest BCUT2D eigenvalue weighted by atomic mass is 9.46. The first-order valence-electron chi connectivity index (χ1n) is 8.85. The molecular weight excluding hydrogens is 288 g/mol. The van der Waals surface area contributed by atoms with Gasteiger partial charge in [-0.25, -0.2) is 4.79 Å². The van der Waals surface area contributed by atoms with Crippen LogP contribution in [-0.2, 0) is 4.79 Å². The fourth-order valence-corrected chi connectivity index (χ4v) is 5.37. The maximum Gasteiger partial charge on any atom is 0.328 e. The molecule has 0 spiro atoms. The molecule has 0 aromatic rings. The number of fused-ring (bicyclic) bond motifs is 1. The lowest BCUT2D eigenvalue weighted by Crippen LogP contribution is -2.52. The van der Waals surface area contributed by atoms with E-state index < -0.39 is 12.1 Å². The number of aliphatic hydroxyl groups excluding tert-OH is 1. The maximum atomic E-state index is 10.8. The molecule has 0 amide bonds. The molecule has 0 aromatic heterocycles. The van der Waals surface area contributed by atoms with E-state index in [1.165, 1.54) is 25.3 Å². The molecule has 2 fully saturated rings. The predicted octanol–water partition coefficient (Wildman–Crippen LogP) is 4.57. The molecule has 4 atom stereocenters. The Bertz CT molecular complexity index is 517. The van der Waals surface area contributed by atoms with Crippen LogP contribution in [0.5, 0.6) is 0 Å². The van der Waals surface area contributed by atoms with E-state index in [9.17, 15) is 9.90 Å². The molecule has 23 heavy (non-hydrogen) atoms. The standard InChI is InChI=1S/C20H32O3/c1-13(11-18(22)23)7-8-15-14(2)16(21)12-17-19(3,4)9-6-10-20(15,17)5/h11,15-17,21H,2,6-10,12H2,1,3-5H3,(H,22,23)/b13-11+/t15-,16+,17+,20+/m0/s1. The summed E-state index contributed by atoms with van der Waals surface area (Å²) in [4.78, 5) is 10.8. The SMILES string of the molecule is C=C1[C@H](O)C[C@@H]2C(C)(C)CCC[C@]2(C)[C@H]1CC/C(C)=C/C(=O)O. The first kappa shape index (κ1) is 18.3. The summed E-state index contributed by atoms with van der Waals surface area (Å²) in [5, 5.41) is 19.4. The normalized spacial score (nSPS) is 37.3. The van der Waals surface area contributed by atoms with Crippen LogP contribution in [0.2, 0.25) is 0 Å². The van der Waals surface area contributed by atoms with Gasteiger partial charge in [0.15, 0.2) is 0 Å². The molecule has 2 aliphatic rings. The number of hydrogen-bond acceptors (Lipinski definition) is 2. The van der Waals surface area contributed by atoms with Crippen LogP contribution in [0.3, 0.4) is 0 Å². The van der Waals surface area contributed by atoms with E-state index in [0.717, 1.165) is 30.4 Å². The molecule has 0 saturated heterocycles. The van der Waals surface area contributed by atoms with Crippen molar-refractivity contribution in [2.45, 2.75) is 72.3 Å². The summed E-state index contributed by atoms with van der Waals surface area (Å²) in [7, 11) is 0. The Morgan fingerprint density at radius 3 is 2.61 bits per heavy atom. The summed E-state index contributed by atoms with van der Waals surface area (Å²) in [6.07, 6.45) is 6.97. The molecule has 0 aromatic carbocycles. The molecule has 2 rings (SSSR count). The second-order valence-corrected chi connectivity index (χ2v) is 8.65. The van der Waals surface area contributed by atoms with Crippen molar-refractivity contribution in [3.8, 4) is 0 Å². The minimum Gasteiger partial charge on any atom is -0.478 e. The van der Waals surface area contributed by atoms with Gasteiger partial charge in [0.1, 0.15) is 0 Å². The quantitative estimate of drug-likeness (QED) is 0.589. The topological polar surface area (TPSA) is 57.5 Å². The second-order valence-electron chi connectivity index (χ2n) is 8.65. The van der Waals surface area contributed by atoms with Crippen LogP contribution in [0.15, 0.2) is 23.8 Å². The Labute approximate surface area is 140 Å². The van der Waals surface area contributed by atoms with Crippen molar-refractivity contribution >= 4 is 5.97 Å². The highest BCUT2D eigenvalue weighted by atomic mass is 16.4. The molecular formula is C20H32O3. The summed E-state index contributed by atoms with van der Waals surface area (Å²) in [6.45, 7) is 13.1. The summed E-state index contributed by atoms with van der Waals surface area (Å²) >= 11 is 0. The van der Waals surface area contributed by atoms with Crippen molar-refractivity contribution in [3.63, 3.8) is 0 Å². The van der Waals surface area contributed by atoms with Crippen molar-refractivity contribution < 1.29 is 15.0 Å². The fraction of sp³-hybridized carbons (Fsp3) is 0.750. The van der Waals surface area contributed by atoms with Crippen molar-refractivity contribution in [3.05, 3.63) is 23.8 Å². The van der Waals surface area contributed by atoms with E-state index in [1.807, 2.05) is 6.92 Å². The van der Waals surface area contributed by atoms with Crippen LogP contribution in [-0.4, -0.2) is 22.3 Å². The molecule has 3 heteroatoms. The van der Waals surface area contributed by atoms with Gasteiger partial charge in [0.2, 0.25) is 0 Å². The van der Waals surface area contributed by atoms with Gasteiger partial charge in [-0.15, -0.1) is 0 Å². The summed E-state index contributed by atoms with van der Waals surface area (Å²) in [5.74, 6) is -0.112. The summed E-state index contributed by atoms with van der Waals surface area (Å²) in [5.41, 5.74) is 2.27. The molecule has 2 N–H and O–H groups in total. The number of aliphatic carboxylic acids is 1. The molecule has 0 heterocycles. The van der Waals surface area contributed by atoms with Gasteiger partial charge in [0.25, 0.3) is 0 Å². The Kier molecular flexibility index (Phi) is 5.10. The van der Waals surface area contributed by atoms with Crippen LogP contribution in [0.4, 0.5) is 0 Å². The minimum absolute atomic E-state index is 0.168. The lowest BCUT2D eigenvalue weighted by molar-refractivity contribution is -0.131. The molecule has 0 unspecified atom stereocenters. The number of carboxylic acids is 1. The third-order valence-corrected chi connectivity index (χ3v) is 6.60. The Hall–Kier alpha value is -1.09. The number of hydrogen-bond donors (Lipinski definition) is 2. The molecule has 130 valence electrons. The Morgan fingerprint density at radius 2 is 2.00 bits per heavy atom. The van der Waals surface area contributed by atoms with Gasteiger partial charge in [-0.2, -0.15) is 0 Å². The maximum absolute atomic E-state index is 10.8. The lowest BCUT2D eigenvalue weighted by Gasteiger charge is -2.59. The Balaban J connectivity index is 2.24. The van der Waals surface area contributed by atoms with Gasteiger partial charge in [-0.3, -0.25) is 0 Å². The van der Waals surface area contributed by atoms with Crippen molar-refractivity contribution in [1.82, 2.24) is 0 Å². The number of rotatable bonds is 4. The zero-order valence-corrected chi connectivity index (χ0v) is 15.1. The Morgan fingerprint density at radius 1 is 1.35 bits per heavy atom. The third kappa shape index (κ3) is 3.55. The van der Waals surface area contributed by atoms with Crippen LogP contribution < -0.4 is 0 Å². The zero-order valence-electron chi connectivity index (χ0n) is 15.1. The molecule has 2 saturated carbocycles. The highest BCUT2D eigenvalue weighted by Crippen LogP contribution is 2.61. The number of aliphatic hydroxyl groups is 1. The van der Waals surface area contributed by atoms with E-state index in [1.54, 1.807) is 0 Å². The molecule has 2 aliphatic carbocycles. The highest BCUT2D eigenvalue weighted by molar-refractivity contribution is 5.80. The largest absolute Gasteiger partial charge is 0.478 e. The monoisotopic (exact) mass is 320 g/mol. The van der Waals surface area contributed by atoms with E-state index >= 15 is 0 Å². The number of carboxylic acid groups (broad SMARTS) is 1. The van der Waals surface area contributed by atoms with E-state index in [0.29, 0.717) is 5.92 Å². The fourth-order valence-electron chi connectivity index (χ4n) is 5.37. The average Bonchev–Trinajstić information content (AvgIpc) is 2.40. The van der Waals surface area contributed by atoms with Crippen molar-refractivity contribution in [1.29, 1.82) is 0 Å². The van der Waals surface area contributed by atoms with Crippen molar-refractivity contribution in [2.75, 3.05) is 0 Å². The van der Waals surface area contributed by atoms with E-state index in [2.05, 4.69) is 27.4 Å². The van der Waals surface area contributed by atoms with E-state index in [-0.39, 0.29) is 16.7 Å². The van der Waals surface area contributed by atoms with Gasteiger partial charge in [-0.1, -0.05) is 39.3 Å². The van der Waals surface area contributed by atoms with Crippen LogP contribution in [0.25, 0.3) is 0 Å². The molecule has 0 radical (unpaired) electrons. The van der Waals surface area contributed by atoms with Gasteiger partial charge < -0.3 is 10.2 Å². The number of carbonyl (C=O) groups is 1. The predicted molar refractivity (Wildman–Crippen MR) is 93.1 cm³/mol. The third-order valence-electron chi connectivity index (χ3n) is 6.60. The second kappa shape index (κ2) is 6.43. The average molecular weight is 320 g/mol. The first-order valence-corrected chi connectivity index (χ1v) is 8.85. The molecule has 0 aliphatic heterocycles. The van der Waals surface area contributed by atoms with Gasteiger partial charge in [0, 0.05) is 6.08 Å². The van der Waals surface area contributed by atoms with Crippen molar-refractivity contribution in [2.24, 2.45) is 22.7 Å². The summed E-state index contributed by atoms with van der Waals surface area (Å²) in [6, 6.07) is 0. The van der Waals surface area contributed by atoms with Gasteiger partial charge in [0.05, 0.1) is 6.10 Å². The number of allylic oxidation sites excluding steroid dienone is 1. The summed E-state index contributed by atoms with van der Waals surface area (Å²) < 4.78 is 0.